The molecule has 0 unspecified atom stereocenters. The maximum atomic E-state index is 13.1. The maximum absolute atomic E-state index is 13.1. The Morgan fingerprint density at radius 2 is 1.50 bits per heavy atom. The molecule has 2 aromatic rings. The van der Waals surface area contributed by atoms with Crippen LogP contribution in [0.3, 0.4) is 0 Å². The highest BCUT2D eigenvalue weighted by molar-refractivity contribution is 7.89. The van der Waals surface area contributed by atoms with Crippen LogP contribution in [-0.4, -0.2) is 38.9 Å². The summed E-state index contributed by atoms with van der Waals surface area (Å²) in [5.74, 6) is 0.271. The summed E-state index contributed by atoms with van der Waals surface area (Å²) < 4.78 is 40.3. The Morgan fingerprint density at radius 1 is 0.923 bits per heavy atom. The molecular weight excluding hydrogens is 351 g/mol. The average molecular weight is 376 g/mol. The first-order chi connectivity index (χ1) is 12.4. The lowest BCUT2D eigenvalue weighted by molar-refractivity contribution is 0.385. The molecule has 4 nitrogen and oxygen atoms in total. The summed E-state index contributed by atoms with van der Waals surface area (Å²) in [5, 5.41) is 0. The van der Waals surface area contributed by atoms with Gasteiger partial charge in [-0.05, 0) is 54.3 Å². The number of benzene rings is 2. The van der Waals surface area contributed by atoms with E-state index in [1.807, 2.05) is 12.1 Å². The maximum Gasteiger partial charge on any atom is 0.243 e. The summed E-state index contributed by atoms with van der Waals surface area (Å²) >= 11 is 0. The molecule has 1 saturated heterocycles. The van der Waals surface area contributed by atoms with E-state index in [-0.39, 0.29) is 5.82 Å². The van der Waals surface area contributed by atoms with Crippen LogP contribution in [0.5, 0.6) is 0 Å². The number of hydrogen-bond acceptors (Lipinski definition) is 3. The van der Waals surface area contributed by atoms with Gasteiger partial charge in [0.1, 0.15) is 5.82 Å². The highest BCUT2D eigenvalue weighted by Crippen LogP contribution is 2.22. The molecule has 0 aliphatic carbocycles. The van der Waals surface area contributed by atoms with Crippen LogP contribution in [0.1, 0.15) is 19.4 Å². The van der Waals surface area contributed by atoms with Crippen molar-refractivity contribution >= 4 is 15.7 Å². The highest BCUT2D eigenvalue weighted by Gasteiger charge is 2.28. The third-order valence-corrected chi connectivity index (χ3v) is 6.55. The van der Waals surface area contributed by atoms with Crippen LogP contribution in [0.4, 0.5) is 10.1 Å². The second kappa shape index (κ2) is 7.76. The van der Waals surface area contributed by atoms with Crippen LogP contribution >= 0.6 is 0 Å². The number of nitrogens with zero attached hydrogens (tertiary/aromatic N) is 2. The van der Waals surface area contributed by atoms with Crippen molar-refractivity contribution in [1.29, 1.82) is 0 Å². The molecule has 140 valence electrons. The third-order valence-electron chi connectivity index (χ3n) is 4.64. The highest BCUT2D eigenvalue weighted by atomic mass is 32.2. The van der Waals surface area contributed by atoms with Crippen LogP contribution in [0.2, 0.25) is 0 Å². The van der Waals surface area contributed by atoms with Gasteiger partial charge in [-0.3, -0.25) is 0 Å². The molecule has 6 heteroatoms. The minimum atomic E-state index is -3.47. The van der Waals surface area contributed by atoms with Gasteiger partial charge in [0.15, 0.2) is 0 Å². The Hall–Kier alpha value is -1.92. The first kappa shape index (κ1) is 18.9. The summed E-state index contributed by atoms with van der Waals surface area (Å²) in [6, 6.07) is 13.5. The van der Waals surface area contributed by atoms with E-state index in [9.17, 15) is 12.8 Å². The molecule has 1 heterocycles. The summed E-state index contributed by atoms with van der Waals surface area (Å²) in [6.45, 7) is 6.32. The zero-order chi connectivity index (χ0) is 18.7. The molecule has 0 bridgehead atoms. The van der Waals surface area contributed by atoms with Crippen molar-refractivity contribution in [2.75, 3.05) is 31.1 Å². The molecule has 2 aromatic carbocycles. The normalized spacial score (nSPS) is 16.2. The van der Waals surface area contributed by atoms with Crippen molar-refractivity contribution in [2.45, 2.75) is 25.2 Å². The molecule has 0 N–H and O–H groups in total. The van der Waals surface area contributed by atoms with Crippen molar-refractivity contribution in [1.82, 2.24) is 4.31 Å². The lowest BCUT2D eigenvalue weighted by atomic mass is 10.0. The standard InChI is InChI=1S/C20H25FN2O2S/c1-16(2)15-17-3-9-20(10-4-17)26(24,25)23-13-11-22(12-14-23)19-7-5-18(21)6-8-19/h3-10,16H,11-15H2,1-2H3. The van der Waals surface area contributed by atoms with Crippen LogP contribution in [0.15, 0.2) is 53.4 Å². The molecule has 3 rings (SSSR count). The van der Waals surface area contributed by atoms with Gasteiger partial charge in [-0.2, -0.15) is 4.31 Å². The number of anilines is 1. The number of sulfonamides is 1. The van der Waals surface area contributed by atoms with Crippen molar-refractivity contribution in [2.24, 2.45) is 5.92 Å². The number of rotatable bonds is 5. The molecule has 1 aliphatic heterocycles. The van der Waals surface area contributed by atoms with Crippen molar-refractivity contribution in [3.63, 3.8) is 0 Å². The van der Waals surface area contributed by atoms with Crippen LogP contribution in [0.25, 0.3) is 0 Å². The van der Waals surface area contributed by atoms with Crippen molar-refractivity contribution in [3.05, 3.63) is 59.9 Å². The molecular formula is C20H25FN2O2S. The predicted octanol–water partition coefficient (Wildman–Crippen LogP) is 3.54. The Balaban J connectivity index is 1.66. The topological polar surface area (TPSA) is 40.6 Å². The number of piperazine rings is 1. The molecule has 0 amide bonds. The van der Waals surface area contributed by atoms with Gasteiger partial charge in [-0.15, -0.1) is 0 Å². The number of halogens is 1. The smallest absolute Gasteiger partial charge is 0.243 e. The minimum Gasteiger partial charge on any atom is -0.369 e. The summed E-state index contributed by atoms with van der Waals surface area (Å²) in [4.78, 5) is 2.43. The van der Waals surface area contributed by atoms with Gasteiger partial charge in [0.25, 0.3) is 0 Å². The average Bonchev–Trinajstić information content (AvgIpc) is 2.62. The van der Waals surface area contributed by atoms with E-state index in [4.69, 9.17) is 0 Å². The van der Waals surface area contributed by atoms with Gasteiger partial charge in [-0.25, -0.2) is 12.8 Å². The van der Waals surface area contributed by atoms with E-state index in [0.717, 1.165) is 17.7 Å². The number of hydrogen-bond donors (Lipinski definition) is 0. The summed E-state index contributed by atoms with van der Waals surface area (Å²) in [6.07, 6.45) is 0.941. The first-order valence-electron chi connectivity index (χ1n) is 8.96. The molecule has 0 radical (unpaired) electrons. The lowest BCUT2D eigenvalue weighted by Gasteiger charge is -2.35. The fourth-order valence-electron chi connectivity index (χ4n) is 3.26. The Bertz CT molecular complexity index is 825. The van der Waals surface area contributed by atoms with E-state index in [0.29, 0.717) is 37.0 Å². The summed E-state index contributed by atoms with van der Waals surface area (Å²) in [7, 11) is -3.47. The van der Waals surface area contributed by atoms with Crippen LogP contribution < -0.4 is 4.90 Å². The second-order valence-corrected chi connectivity index (χ2v) is 9.05. The van der Waals surface area contributed by atoms with Crippen LogP contribution in [0, 0.1) is 11.7 Å². The van der Waals surface area contributed by atoms with Gasteiger partial charge in [-0.1, -0.05) is 26.0 Å². The zero-order valence-electron chi connectivity index (χ0n) is 15.2. The van der Waals surface area contributed by atoms with E-state index in [2.05, 4.69) is 18.7 Å². The molecule has 0 aromatic heterocycles. The van der Waals surface area contributed by atoms with Gasteiger partial charge >= 0.3 is 0 Å². The van der Waals surface area contributed by atoms with Gasteiger partial charge in [0.2, 0.25) is 10.0 Å². The molecule has 1 aliphatic rings. The van der Waals surface area contributed by atoms with E-state index >= 15 is 0 Å². The SMILES string of the molecule is CC(C)Cc1ccc(S(=O)(=O)N2CCN(c3ccc(F)cc3)CC2)cc1. The Morgan fingerprint density at radius 3 is 2.04 bits per heavy atom. The Labute approximate surface area is 155 Å². The molecule has 0 spiro atoms. The van der Waals surface area contributed by atoms with Gasteiger partial charge in [0.05, 0.1) is 4.90 Å². The van der Waals surface area contributed by atoms with Crippen molar-refractivity contribution in [3.8, 4) is 0 Å². The predicted molar refractivity (Wildman–Crippen MR) is 102 cm³/mol. The zero-order valence-corrected chi connectivity index (χ0v) is 16.0. The quantitative estimate of drug-likeness (QED) is 0.801. The fraction of sp³-hybridized carbons (Fsp3) is 0.400. The van der Waals surface area contributed by atoms with E-state index in [1.165, 1.54) is 16.4 Å². The monoisotopic (exact) mass is 376 g/mol. The largest absolute Gasteiger partial charge is 0.369 e. The van der Waals surface area contributed by atoms with Gasteiger partial charge < -0.3 is 4.90 Å². The van der Waals surface area contributed by atoms with Crippen molar-refractivity contribution < 1.29 is 12.8 Å². The van der Waals surface area contributed by atoms with Gasteiger partial charge in [0, 0.05) is 31.9 Å². The van der Waals surface area contributed by atoms with Crippen LogP contribution in [-0.2, 0) is 16.4 Å². The third kappa shape index (κ3) is 4.24. The lowest BCUT2D eigenvalue weighted by Crippen LogP contribution is -2.48. The molecule has 1 fully saturated rings. The minimum absolute atomic E-state index is 0.268. The second-order valence-electron chi connectivity index (χ2n) is 7.11. The Kier molecular flexibility index (Phi) is 5.63. The summed E-state index contributed by atoms with van der Waals surface area (Å²) in [5.41, 5.74) is 2.07. The molecule has 0 atom stereocenters. The van der Waals surface area contributed by atoms with E-state index < -0.39 is 10.0 Å². The van der Waals surface area contributed by atoms with E-state index in [1.54, 1.807) is 24.3 Å². The first-order valence-corrected chi connectivity index (χ1v) is 10.4. The molecule has 26 heavy (non-hydrogen) atoms. The molecule has 0 saturated carbocycles. The fourth-order valence-corrected chi connectivity index (χ4v) is 4.68.